The van der Waals surface area contributed by atoms with Crippen LogP contribution in [-0.2, 0) is 6.42 Å². The van der Waals surface area contributed by atoms with Crippen LogP contribution in [0.5, 0.6) is 0 Å². The molecule has 2 aromatic rings. The van der Waals surface area contributed by atoms with E-state index < -0.39 is 0 Å². The summed E-state index contributed by atoms with van der Waals surface area (Å²) in [6.07, 6.45) is 2.74. The van der Waals surface area contributed by atoms with Crippen molar-refractivity contribution in [3.8, 4) is 0 Å². The van der Waals surface area contributed by atoms with Gasteiger partial charge in [0.2, 0.25) is 0 Å². The Labute approximate surface area is 103 Å². The van der Waals surface area contributed by atoms with Crippen LogP contribution in [0, 0.1) is 13.8 Å². The van der Waals surface area contributed by atoms with Crippen LogP contribution in [0.2, 0.25) is 0 Å². The first-order chi connectivity index (χ1) is 8.20. The lowest BCUT2D eigenvalue weighted by atomic mass is 9.99. The molecule has 0 fully saturated rings. The summed E-state index contributed by atoms with van der Waals surface area (Å²) in [6, 6.07) is 11.1. The van der Waals surface area contributed by atoms with Gasteiger partial charge in [-0.15, -0.1) is 0 Å². The standard InChI is InChI=1S/C15H19NO/c1-11-4-6-13(7-5-11)10-15(16-3)14-8-9-17-12(14)2/h4-9,15-16H,10H2,1-3H3. The van der Waals surface area contributed by atoms with Gasteiger partial charge in [0.1, 0.15) is 5.76 Å². The Hall–Kier alpha value is -1.54. The van der Waals surface area contributed by atoms with Gasteiger partial charge in [0, 0.05) is 11.6 Å². The highest BCUT2D eigenvalue weighted by molar-refractivity contribution is 5.26. The van der Waals surface area contributed by atoms with Crippen molar-refractivity contribution in [3.63, 3.8) is 0 Å². The summed E-state index contributed by atoms with van der Waals surface area (Å²) in [4.78, 5) is 0. The molecular weight excluding hydrogens is 210 g/mol. The normalized spacial score (nSPS) is 12.6. The lowest BCUT2D eigenvalue weighted by molar-refractivity contribution is 0.512. The maximum atomic E-state index is 5.36. The first-order valence-corrected chi connectivity index (χ1v) is 5.97. The molecule has 0 bridgehead atoms. The number of hydrogen-bond donors (Lipinski definition) is 1. The van der Waals surface area contributed by atoms with E-state index >= 15 is 0 Å². The van der Waals surface area contributed by atoms with Gasteiger partial charge in [-0.1, -0.05) is 29.8 Å². The summed E-state index contributed by atoms with van der Waals surface area (Å²) in [5, 5.41) is 3.35. The Morgan fingerprint density at radius 1 is 1.12 bits per heavy atom. The second kappa shape index (κ2) is 5.19. The predicted molar refractivity (Wildman–Crippen MR) is 70.1 cm³/mol. The molecule has 2 heteroatoms. The van der Waals surface area contributed by atoms with E-state index in [1.54, 1.807) is 6.26 Å². The van der Waals surface area contributed by atoms with Gasteiger partial charge in [0.15, 0.2) is 0 Å². The third kappa shape index (κ3) is 2.77. The van der Waals surface area contributed by atoms with E-state index in [4.69, 9.17) is 4.42 Å². The first-order valence-electron chi connectivity index (χ1n) is 5.97. The molecule has 0 saturated heterocycles. The number of rotatable bonds is 4. The summed E-state index contributed by atoms with van der Waals surface area (Å²) in [5.74, 6) is 0.997. The molecule has 0 saturated carbocycles. The molecule has 1 aromatic carbocycles. The zero-order valence-electron chi connectivity index (χ0n) is 10.7. The number of likely N-dealkylation sites (N-methyl/N-ethyl adjacent to an activating group) is 1. The minimum absolute atomic E-state index is 0.316. The maximum Gasteiger partial charge on any atom is 0.105 e. The van der Waals surface area contributed by atoms with E-state index in [9.17, 15) is 0 Å². The van der Waals surface area contributed by atoms with Crippen LogP contribution in [0.1, 0.15) is 28.5 Å². The van der Waals surface area contributed by atoms with E-state index in [0.717, 1.165) is 12.2 Å². The molecule has 1 unspecified atom stereocenters. The van der Waals surface area contributed by atoms with E-state index in [0.29, 0.717) is 6.04 Å². The molecule has 2 nitrogen and oxygen atoms in total. The van der Waals surface area contributed by atoms with Gasteiger partial charge in [-0.3, -0.25) is 0 Å². The molecule has 1 aromatic heterocycles. The fourth-order valence-electron chi connectivity index (χ4n) is 2.08. The van der Waals surface area contributed by atoms with Crippen molar-refractivity contribution in [2.24, 2.45) is 0 Å². The zero-order valence-corrected chi connectivity index (χ0v) is 10.7. The van der Waals surface area contributed by atoms with Crippen LogP contribution in [0.3, 0.4) is 0 Å². The summed E-state index contributed by atoms with van der Waals surface area (Å²) in [5.41, 5.74) is 3.89. The average Bonchev–Trinajstić information content (AvgIpc) is 2.75. The van der Waals surface area contributed by atoms with Gasteiger partial charge >= 0.3 is 0 Å². The van der Waals surface area contributed by atoms with Crippen molar-refractivity contribution in [1.82, 2.24) is 5.32 Å². The van der Waals surface area contributed by atoms with Crippen LogP contribution < -0.4 is 5.32 Å². The Kier molecular flexibility index (Phi) is 3.64. The third-order valence-electron chi connectivity index (χ3n) is 3.18. The molecular formula is C15H19NO. The molecule has 1 atom stereocenters. The summed E-state index contributed by atoms with van der Waals surface area (Å²) in [7, 11) is 1.99. The van der Waals surface area contributed by atoms with E-state index in [1.165, 1.54) is 16.7 Å². The molecule has 17 heavy (non-hydrogen) atoms. The highest BCUT2D eigenvalue weighted by Crippen LogP contribution is 2.22. The van der Waals surface area contributed by atoms with Crippen LogP contribution in [0.15, 0.2) is 41.0 Å². The van der Waals surface area contributed by atoms with Crippen LogP contribution in [-0.4, -0.2) is 7.05 Å². The first kappa shape index (κ1) is 11.9. The smallest absolute Gasteiger partial charge is 0.105 e. The summed E-state index contributed by atoms with van der Waals surface area (Å²) < 4.78 is 5.36. The van der Waals surface area contributed by atoms with Gasteiger partial charge < -0.3 is 9.73 Å². The topological polar surface area (TPSA) is 25.2 Å². The molecule has 2 rings (SSSR count). The number of hydrogen-bond acceptors (Lipinski definition) is 2. The van der Waals surface area contributed by atoms with Gasteiger partial charge in [-0.25, -0.2) is 0 Å². The highest BCUT2D eigenvalue weighted by atomic mass is 16.3. The molecule has 1 heterocycles. The highest BCUT2D eigenvalue weighted by Gasteiger charge is 2.14. The van der Waals surface area contributed by atoms with Gasteiger partial charge in [0.05, 0.1) is 6.26 Å². The third-order valence-corrected chi connectivity index (χ3v) is 3.18. The quantitative estimate of drug-likeness (QED) is 0.869. The predicted octanol–water partition coefficient (Wildman–Crippen LogP) is 3.40. The molecule has 0 aliphatic rings. The fourth-order valence-corrected chi connectivity index (χ4v) is 2.08. The maximum absolute atomic E-state index is 5.36. The lowest BCUT2D eigenvalue weighted by Gasteiger charge is -2.15. The van der Waals surface area contributed by atoms with Gasteiger partial charge in [0.25, 0.3) is 0 Å². The van der Waals surface area contributed by atoms with Gasteiger partial charge in [-0.2, -0.15) is 0 Å². The van der Waals surface area contributed by atoms with Crippen molar-refractivity contribution in [2.45, 2.75) is 26.3 Å². The van der Waals surface area contributed by atoms with Crippen molar-refractivity contribution in [3.05, 3.63) is 59.0 Å². The summed E-state index contributed by atoms with van der Waals surface area (Å²) >= 11 is 0. The molecule has 0 spiro atoms. The number of aryl methyl sites for hydroxylation is 2. The molecule has 90 valence electrons. The number of furan rings is 1. The van der Waals surface area contributed by atoms with Crippen LogP contribution in [0.4, 0.5) is 0 Å². The monoisotopic (exact) mass is 229 g/mol. The molecule has 1 N–H and O–H groups in total. The Morgan fingerprint density at radius 3 is 2.35 bits per heavy atom. The van der Waals surface area contributed by atoms with Crippen molar-refractivity contribution >= 4 is 0 Å². The van der Waals surface area contributed by atoms with Crippen LogP contribution in [0.25, 0.3) is 0 Å². The molecule has 0 aliphatic carbocycles. The zero-order chi connectivity index (χ0) is 12.3. The molecule has 0 aliphatic heterocycles. The Morgan fingerprint density at radius 2 is 1.82 bits per heavy atom. The molecule has 0 amide bonds. The Balaban J connectivity index is 2.16. The number of benzene rings is 1. The van der Waals surface area contributed by atoms with Gasteiger partial charge in [-0.05, 0) is 38.9 Å². The Bertz CT molecular complexity index is 470. The average molecular weight is 229 g/mol. The SMILES string of the molecule is CNC(Cc1ccc(C)cc1)c1ccoc1C. The second-order valence-corrected chi connectivity index (χ2v) is 4.46. The number of nitrogens with one attached hydrogen (secondary N) is 1. The van der Waals surface area contributed by atoms with E-state index in [1.807, 2.05) is 20.0 Å². The fraction of sp³-hybridized carbons (Fsp3) is 0.333. The summed E-state index contributed by atoms with van der Waals surface area (Å²) in [6.45, 7) is 4.12. The van der Waals surface area contributed by atoms with E-state index in [2.05, 4.69) is 36.5 Å². The molecule has 0 radical (unpaired) electrons. The minimum atomic E-state index is 0.316. The largest absolute Gasteiger partial charge is 0.469 e. The van der Waals surface area contributed by atoms with E-state index in [-0.39, 0.29) is 0 Å². The van der Waals surface area contributed by atoms with Crippen molar-refractivity contribution < 1.29 is 4.42 Å². The second-order valence-electron chi connectivity index (χ2n) is 4.46. The lowest BCUT2D eigenvalue weighted by Crippen LogP contribution is -2.19. The van der Waals surface area contributed by atoms with Crippen molar-refractivity contribution in [1.29, 1.82) is 0 Å². The minimum Gasteiger partial charge on any atom is -0.469 e. The van der Waals surface area contributed by atoms with Crippen LogP contribution >= 0.6 is 0 Å². The van der Waals surface area contributed by atoms with Crippen molar-refractivity contribution in [2.75, 3.05) is 7.05 Å².